The molecule has 0 amide bonds. The Balaban J connectivity index is 2.17. The molecule has 0 saturated carbocycles. The molecule has 0 saturated heterocycles. The maximum absolute atomic E-state index is 11.6. The Morgan fingerprint density at radius 2 is 2.35 bits per heavy atom. The van der Waals surface area contributed by atoms with Crippen molar-refractivity contribution < 1.29 is 14.3 Å². The summed E-state index contributed by atoms with van der Waals surface area (Å²) >= 11 is 0. The first-order chi connectivity index (χ1) is 9.65. The van der Waals surface area contributed by atoms with Crippen LogP contribution in [0, 0.1) is 11.3 Å². The number of nitriles is 1. The molecule has 0 fully saturated rings. The second-order valence-corrected chi connectivity index (χ2v) is 4.30. The molecule has 0 aliphatic heterocycles. The number of esters is 1. The van der Waals surface area contributed by atoms with Crippen molar-refractivity contribution in [3.05, 3.63) is 30.0 Å². The van der Waals surface area contributed by atoms with Gasteiger partial charge in [0, 0.05) is 23.5 Å². The van der Waals surface area contributed by atoms with Gasteiger partial charge in [-0.15, -0.1) is 0 Å². The number of hydrogen-bond acceptors (Lipinski definition) is 5. The fraction of sp³-hybridized carbons (Fsp3) is 0.286. The quantitative estimate of drug-likeness (QED) is 0.795. The highest BCUT2D eigenvalue weighted by atomic mass is 16.5. The first-order valence-electron chi connectivity index (χ1n) is 6.09. The standard InChI is InChI=1S/C14H15N3O3/c1-19-10-2-3-13-11(7-10)9(8-17-13)6-12(16)14(18)20-5-4-15/h2-3,7-8,12,17H,5-6,16H2,1H3. The Hall–Kier alpha value is -2.52. The molecule has 0 spiro atoms. The number of nitrogens with two attached hydrogens (primary N) is 1. The van der Waals surface area contributed by atoms with Crippen LogP contribution in [0.15, 0.2) is 24.4 Å². The minimum atomic E-state index is -0.798. The smallest absolute Gasteiger partial charge is 0.324 e. The summed E-state index contributed by atoms with van der Waals surface area (Å²) in [6.45, 7) is -0.283. The van der Waals surface area contributed by atoms with Crippen LogP contribution in [0.4, 0.5) is 0 Å². The van der Waals surface area contributed by atoms with Crippen molar-refractivity contribution in [2.45, 2.75) is 12.5 Å². The molecule has 1 aromatic heterocycles. The van der Waals surface area contributed by atoms with Gasteiger partial charge in [0.25, 0.3) is 0 Å². The minimum Gasteiger partial charge on any atom is -0.497 e. The maximum atomic E-state index is 11.6. The number of carbonyl (C=O) groups is 1. The van der Waals surface area contributed by atoms with Gasteiger partial charge in [-0.25, -0.2) is 0 Å². The number of aromatic nitrogens is 1. The molecule has 6 heteroatoms. The van der Waals surface area contributed by atoms with Gasteiger partial charge < -0.3 is 20.2 Å². The summed E-state index contributed by atoms with van der Waals surface area (Å²) in [6.07, 6.45) is 2.14. The van der Waals surface area contributed by atoms with E-state index in [1.165, 1.54) is 0 Å². The van der Waals surface area contributed by atoms with E-state index in [-0.39, 0.29) is 6.61 Å². The van der Waals surface area contributed by atoms with Crippen molar-refractivity contribution in [1.29, 1.82) is 5.26 Å². The lowest BCUT2D eigenvalue weighted by molar-refractivity contribution is -0.143. The number of aromatic amines is 1. The van der Waals surface area contributed by atoms with Crippen molar-refractivity contribution in [1.82, 2.24) is 4.98 Å². The van der Waals surface area contributed by atoms with E-state index in [1.807, 2.05) is 24.4 Å². The third-order valence-corrected chi connectivity index (χ3v) is 3.00. The second-order valence-electron chi connectivity index (χ2n) is 4.30. The maximum Gasteiger partial charge on any atom is 0.324 e. The summed E-state index contributed by atoms with van der Waals surface area (Å²) in [5.41, 5.74) is 7.63. The van der Waals surface area contributed by atoms with Crippen LogP contribution in [0.25, 0.3) is 10.9 Å². The average Bonchev–Trinajstić information content (AvgIpc) is 2.86. The fourth-order valence-electron chi connectivity index (χ4n) is 1.98. The van der Waals surface area contributed by atoms with Crippen LogP contribution >= 0.6 is 0 Å². The molecule has 0 aliphatic carbocycles. The molecule has 2 aromatic rings. The van der Waals surface area contributed by atoms with Gasteiger partial charge >= 0.3 is 5.97 Å². The largest absolute Gasteiger partial charge is 0.497 e. The molecule has 6 nitrogen and oxygen atoms in total. The summed E-state index contributed by atoms with van der Waals surface area (Å²) in [5, 5.41) is 9.32. The summed E-state index contributed by atoms with van der Waals surface area (Å²) in [5.74, 6) is 0.155. The first-order valence-corrected chi connectivity index (χ1v) is 6.09. The summed E-state index contributed by atoms with van der Waals surface area (Å²) in [6, 6.07) is 6.57. The van der Waals surface area contributed by atoms with Crippen molar-refractivity contribution in [2.75, 3.05) is 13.7 Å². The summed E-state index contributed by atoms with van der Waals surface area (Å²) < 4.78 is 9.88. The summed E-state index contributed by atoms with van der Waals surface area (Å²) in [7, 11) is 1.60. The summed E-state index contributed by atoms with van der Waals surface area (Å²) in [4.78, 5) is 14.7. The number of nitrogens with zero attached hydrogens (tertiary/aromatic N) is 1. The molecule has 2 rings (SSSR count). The monoisotopic (exact) mass is 273 g/mol. The number of methoxy groups -OCH3 is 1. The lowest BCUT2D eigenvalue weighted by atomic mass is 10.1. The zero-order valence-electron chi connectivity index (χ0n) is 11.1. The van der Waals surface area contributed by atoms with E-state index in [1.54, 1.807) is 13.2 Å². The van der Waals surface area contributed by atoms with Gasteiger partial charge in [0.2, 0.25) is 0 Å². The third-order valence-electron chi connectivity index (χ3n) is 3.00. The van der Waals surface area contributed by atoms with Gasteiger partial charge in [0.05, 0.1) is 7.11 Å². The second kappa shape index (κ2) is 6.08. The van der Waals surface area contributed by atoms with Crippen LogP contribution in [0.5, 0.6) is 5.75 Å². The van der Waals surface area contributed by atoms with Crippen molar-refractivity contribution in [3.63, 3.8) is 0 Å². The number of H-pyrrole nitrogens is 1. The Bertz CT molecular complexity index is 657. The van der Waals surface area contributed by atoms with Crippen LogP contribution in [-0.4, -0.2) is 30.7 Å². The molecule has 0 bridgehead atoms. The van der Waals surface area contributed by atoms with E-state index in [4.69, 9.17) is 20.5 Å². The number of benzene rings is 1. The van der Waals surface area contributed by atoms with Crippen LogP contribution in [0.3, 0.4) is 0 Å². The minimum absolute atomic E-state index is 0.283. The topological polar surface area (TPSA) is 101 Å². The van der Waals surface area contributed by atoms with E-state index in [9.17, 15) is 4.79 Å². The Morgan fingerprint density at radius 3 is 3.05 bits per heavy atom. The van der Waals surface area contributed by atoms with Crippen molar-refractivity contribution >= 4 is 16.9 Å². The van der Waals surface area contributed by atoms with Crippen LogP contribution in [-0.2, 0) is 16.0 Å². The van der Waals surface area contributed by atoms with Gasteiger partial charge in [-0.3, -0.25) is 4.79 Å². The molecule has 1 aromatic carbocycles. The van der Waals surface area contributed by atoms with Gasteiger partial charge in [0.1, 0.15) is 17.9 Å². The molecule has 1 unspecified atom stereocenters. The average molecular weight is 273 g/mol. The highest BCUT2D eigenvalue weighted by molar-refractivity contribution is 5.85. The predicted octanol–water partition coefficient (Wildman–Crippen LogP) is 1.11. The molecule has 3 N–H and O–H groups in total. The third kappa shape index (κ3) is 2.90. The SMILES string of the molecule is COc1ccc2[nH]cc(CC(N)C(=O)OCC#N)c2c1. The number of rotatable bonds is 5. The van der Waals surface area contributed by atoms with Gasteiger partial charge in [-0.05, 0) is 23.8 Å². The zero-order valence-corrected chi connectivity index (χ0v) is 11.1. The molecule has 20 heavy (non-hydrogen) atoms. The van der Waals surface area contributed by atoms with Gasteiger partial charge in [-0.2, -0.15) is 5.26 Å². The van der Waals surface area contributed by atoms with Gasteiger partial charge in [-0.1, -0.05) is 0 Å². The number of carbonyl (C=O) groups excluding carboxylic acids is 1. The number of ether oxygens (including phenoxy) is 2. The molecule has 0 radical (unpaired) electrons. The van der Waals surface area contributed by atoms with Gasteiger partial charge in [0.15, 0.2) is 6.61 Å². The molecular weight excluding hydrogens is 258 g/mol. The van der Waals surface area contributed by atoms with E-state index in [0.717, 1.165) is 22.2 Å². The fourth-order valence-corrected chi connectivity index (χ4v) is 1.98. The van der Waals surface area contributed by atoms with Crippen molar-refractivity contribution in [3.8, 4) is 11.8 Å². The molecule has 104 valence electrons. The highest BCUT2D eigenvalue weighted by Crippen LogP contribution is 2.24. The Morgan fingerprint density at radius 1 is 1.55 bits per heavy atom. The number of fused-ring (bicyclic) bond motifs is 1. The number of hydrogen-bond donors (Lipinski definition) is 2. The predicted molar refractivity (Wildman–Crippen MR) is 73.1 cm³/mol. The normalized spacial score (nSPS) is 11.8. The lowest BCUT2D eigenvalue weighted by Gasteiger charge is -2.09. The van der Waals surface area contributed by atoms with E-state index >= 15 is 0 Å². The van der Waals surface area contributed by atoms with Crippen LogP contribution in [0.1, 0.15) is 5.56 Å². The highest BCUT2D eigenvalue weighted by Gasteiger charge is 2.17. The number of nitrogens with one attached hydrogen (secondary N) is 1. The molecular formula is C14H15N3O3. The first kappa shape index (κ1) is 13.9. The zero-order chi connectivity index (χ0) is 14.5. The van der Waals surface area contributed by atoms with Crippen LogP contribution in [0.2, 0.25) is 0 Å². The molecule has 0 aliphatic rings. The van der Waals surface area contributed by atoms with E-state index < -0.39 is 12.0 Å². The van der Waals surface area contributed by atoms with E-state index in [2.05, 4.69) is 4.98 Å². The van der Waals surface area contributed by atoms with Crippen LogP contribution < -0.4 is 10.5 Å². The molecule has 1 atom stereocenters. The van der Waals surface area contributed by atoms with Crippen molar-refractivity contribution in [2.24, 2.45) is 5.73 Å². The van der Waals surface area contributed by atoms with E-state index in [0.29, 0.717) is 6.42 Å². The lowest BCUT2D eigenvalue weighted by Crippen LogP contribution is -2.34. The molecule has 1 heterocycles. The Kier molecular flexibility index (Phi) is 4.23. The Labute approximate surface area is 116 Å².